The lowest BCUT2D eigenvalue weighted by Crippen LogP contribution is -2.42. The predicted molar refractivity (Wildman–Crippen MR) is 79.7 cm³/mol. The van der Waals surface area contributed by atoms with E-state index in [0.29, 0.717) is 5.92 Å². The molecule has 114 valence electrons. The van der Waals surface area contributed by atoms with Crippen LogP contribution in [0, 0.1) is 5.92 Å². The van der Waals surface area contributed by atoms with Gasteiger partial charge in [-0.1, -0.05) is 27.7 Å². The van der Waals surface area contributed by atoms with E-state index in [4.69, 9.17) is 0 Å². The van der Waals surface area contributed by atoms with Crippen molar-refractivity contribution in [3.8, 4) is 0 Å². The summed E-state index contributed by atoms with van der Waals surface area (Å²) in [6.07, 6.45) is 0.936. The molecule has 1 aromatic rings. The van der Waals surface area contributed by atoms with E-state index in [9.17, 15) is 4.79 Å². The molecule has 0 aliphatic rings. The number of hydrogen-bond acceptors (Lipinski definition) is 4. The van der Waals surface area contributed by atoms with Gasteiger partial charge in [-0.15, -0.1) is 5.10 Å². The third-order valence-electron chi connectivity index (χ3n) is 2.93. The third kappa shape index (κ3) is 5.28. The Kier molecular flexibility index (Phi) is 6.13. The summed E-state index contributed by atoms with van der Waals surface area (Å²) in [5, 5.41) is 9.82. The molecule has 0 radical (unpaired) electrons. The summed E-state index contributed by atoms with van der Waals surface area (Å²) in [6, 6.07) is 0.110. The lowest BCUT2D eigenvalue weighted by Gasteiger charge is -2.23. The molecule has 1 rings (SSSR count). The molecule has 0 saturated carbocycles. The summed E-state index contributed by atoms with van der Waals surface area (Å²) in [5.41, 5.74) is 0. The minimum absolute atomic E-state index is 0.110. The summed E-state index contributed by atoms with van der Waals surface area (Å²) in [5.74, 6) is 1.51. The topological polar surface area (TPSA) is 73.9 Å². The van der Waals surface area contributed by atoms with Gasteiger partial charge in [-0.05, 0) is 26.4 Å². The molecule has 1 unspecified atom stereocenters. The summed E-state index contributed by atoms with van der Waals surface area (Å²) in [7, 11) is 4.01. The Morgan fingerprint density at radius 2 is 1.95 bits per heavy atom. The van der Waals surface area contributed by atoms with Crippen LogP contribution in [-0.4, -0.2) is 52.7 Å². The fourth-order valence-corrected chi connectivity index (χ4v) is 2.07. The summed E-state index contributed by atoms with van der Waals surface area (Å²) >= 11 is 0. The van der Waals surface area contributed by atoms with E-state index in [1.54, 1.807) is 0 Å². The van der Waals surface area contributed by atoms with Crippen LogP contribution in [0.25, 0.3) is 0 Å². The fraction of sp³-hybridized carbons (Fsp3) is 0.786. The number of amides is 1. The number of nitrogens with zero attached hydrogens (tertiary/aromatic N) is 3. The number of aromatic amines is 1. The monoisotopic (exact) mass is 281 g/mol. The van der Waals surface area contributed by atoms with E-state index in [1.165, 1.54) is 0 Å². The summed E-state index contributed by atoms with van der Waals surface area (Å²) < 4.78 is 0. The normalized spacial score (nSPS) is 13.2. The first-order chi connectivity index (χ1) is 9.29. The second-order valence-corrected chi connectivity index (χ2v) is 6.26. The van der Waals surface area contributed by atoms with E-state index in [-0.39, 0.29) is 23.7 Å². The Morgan fingerprint density at radius 1 is 1.30 bits per heavy atom. The molecule has 0 bridgehead atoms. The van der Waals surface area contributed by atoms with Crippen LogP contribution in [-0.2, 0) is 0 Å². The average molecular weight is 281 g/mol. The van der Waals surface area contributed by atoms with Gasteiger partial charge in [0.25, 0.3) is 5.91 Å². The standard InChI is InChI=1S/C14H27N5O/c1-9(2)7-11(8-19(5)6)15-14(20)13-16-12(10(3)4)17-18-13/h9-11H,7-8H2,1-6H3,(H,15,20)(H,16,17,18). The lowest BCUT2D eigenvalue weighted by atomic mass is 10.0. The van der Waals surface area contributed by atoms with Crippen LogP contribution < -0.4 is 5.32 Å². The minimum Gasteiger partial charge on any atom is -0.345 e. The molecule has 2 N–H and O–H groups in total. The van der Waals surface area contributed by atoms with Crippen molar-refractivity contribution in [2.45, 2.75) is 46.1 Å². The van der Waals surface area contributed by atoms with Gasteiger partial charge in [-0.25, -0.2) is 4.98 Å². The van der Waals surface area contributed by atoms with Gasteiger partial charge >= 0.3 is 0 Å². The van der Waals surface area contributed by atoms with Crippen LogP contribution in [0.2, 0.25) is 0 Å². The molecule has 1 aromatic heterocycles. The Hall–Kier alpha value is -1.43. The first kappa shape index (κ1) is 16.6. The van der Waals surface area contributed by atoms with Crippen LogP contribution in [0.5, 0.6) is 0 Å². The SMILES string of the molecule is CC(C)CC(CN(C)C)NC(=O)c1n[nH]c(C(C)C)n1. The highest BCUT2D eigenvalue weighted by Crippen LogP contribution is 2.09. The quantitative estimate of drug-likeness (QED) is 0.796. The molecular weight excluding hydrogens is 254 g/mol. The number of nitrogens with one attached hydrogen (secondary N) is 2. The van der Waals surface area contributed by atoms with Gasteiger partial charge in [-0.3, -0.25) is 9.89 Å². The molecule has 6 nitrogen and oxygen atoms in total. The fourth-order valence-electron chi connectivity index (χ4n) is 2.07. The van der Waals surface area contributed by atoms with Crippen LogP contribution in [0.4, 0.5) is 0 Å². The molecule has 0 spiro atoms. The van der Waals surface area contributed by atoms with Gasteiger partial charge in [0, 0.05) is 18.5 Å². The molecule has 1 atom stereocenters. The Bertz CT molecular complexity index is 415. The maximum Gasteiger partial charge on any atom is 0.291 e. The minimum atomic E-state index is -0.208. The van der Waals surface area contributed by atoms with Crippen molar-refractivity contribution in [3.05, 3.63) is 11.6 Å². The molecule has 20 heavy (non-hydrogen) atoms. The molecule has 6 heteroatoms. The van der Waals surface area contributed by atoms with Crippen molar-refractivity contribution in [3.63, 3.8) is 0 Å². The van der Waals surface area contributed by atoms with Crippen LogP contribution >= 0.6 is 0 Å². The maximum atomic E-state index is 12.2. The molecule has 0 aliphatic carbocycles. The zero-order chi connectivity index (χ0) is 15.3. The highest BCUT2D eigenvalue weighted by molar-refractivity contribution is 5.90. The zero-order valence-electron chi connectivity index (χ0n) is 13.4. The molecule has 1 amide bonds. The van der Waals surface area contributed by atoms with Crippen molar-refractivity contribution >= 4 is 5.91 Å². The van der Waals surface area contributed by atoms with Gasteiger partial charge in [0.15, 0.2) is 0 Å². The van der Waals surface area contributed by atoms with Gasteiger partial charge in [-0.2, -0.15) is 0 Å². The number of aromatic nitrogens is 3. The molecule has 0 aliphatic heterocycles. The highest BCUT2D eigenvalue weighted by Gasteiger charge is 2.19. The van der Waals surface area contributed by atoms with Gasteiger partial charge in [0.2, 0.25) is 5.82 Å². The van der Waals surface area contributed by atoms with E-state index in [1.807, 2.05) is 27.9 Å². The van der Waals surface area contributed by atoms with E-state index >= 15 is 0 Å². The van der Waals surface area contributed by atoms with E-state index in [0.717, 1.165) is 18.8 Å². The Morgan fingerprint density at radius 3 is 2.40 bits per heavy atom. The first-order valence-electron chi connectivity index (χ1n) is 7.17. The number of hydrogen-bond donors (Lipinski definition) is 2. The summed E-state index contributed by atoms with van der Waals surface area (Å²) in [6.45, 7) is 9.13. The molecule has 0 fully saturated rings. The number of carbonyl (C=O) groups is 1. The molecular formula is C14H27N5O. The number of likely N-dealkylation sites (N-methyl/N-ethyl adjacent to an activating group) is 1. The molecule has 0 saturated heterocycles. The van der Waals surface area contributed by atoms with E-state index in [2.05, 4.69) is 39.2 Å². The Labute approximate surface area is 121 Å². The van der Waals surface area contributed by atoms with Crippen molar-refractivity contribution < 1.29 is 4.79 Å². The predicted octanol–water partition coefficient (Wildman–Crippen LogP) is 1.63. The smallest absolute Gasteiger partial charge is 0.291 e. The molecule has 0 aromatic carbocycles. The zero-order valence-corrected chi connectivity index (χ0v) is 13.4. The van der Waals surface area contributed by atoms with Gasteiger partial charge in [0.05, 0.1) is 0 Å². The van der Waals surface area contributed by atoms with Crippen LogP contribution in [0.3, 0.4) is 0 Å². The first-order valence-corrected chi connectivity index (χ1v) is 7.17. The second kappa shape index (κ2) is 7.38. The number of rotatable bonds is 7. The maximum absolute atomic E-state index is 12.2. The van der Waals surface area contributed by atoms with Crippen molar-refractivity contribution in [2.24, 2.45) is 5.92 Å². The second-order valence-electron chi connectivity index (χ2n) is 6.26. The van der Waals surface area contributed by atoms with Crippen molar-refractivity contribution in [1.29, 1.82) is 0 Å². The van der Waals surface area contributed by atoms with Gasteiger partial charge < -0.3 is 10.2 Å². The Balaban J connectivity index is 2.68. The van der Waals surface area contributed by atoms with Crippen molar-refractivity contribution in [2.75, 3.05) is 20.6 Å². The number of carbonyl (C=O) groups excluding carboxylic acids is 1. The summed E-state index contributed by atoms with van der Waals surface area (Å²) in [4.78, 5) is 18.5. The van der Waals surface area contributed by atoms with Crippen molar-refractivity contribution in [1.82, 2.24) is 25.4 Å². The van der Waals surface area contributed by atoms with Gasteiger partial charge in [0.1, 0.15) is 5.82 Å². The highest BCUT2D eigenvalue weighted by atomic mass is 16.2. The lowest BCUT2D eigenvalue weighted by molar-refractivity contribution is 0.0914. The largest absolute Gasteiger partial charge is 0.345 e. The number of H-pyrrole nitrogens is 1. The third-order valence-corrected chi connectivity index (χ3v) is 2.93. The van der Waals surface area contributed by atoms with E-state index < -0.39 is 0 Å². The van der Waals surface area contributed by atoms with Crippen LogP contribution in [0.15, 0.2) is 0 Å². The molecule has 1 heterocycles. The van der Waals surface area contributed by atoms with Crippen LogP contribution in [0.1, 0.15) is 56.5 Å². The average Bonchev–Trinajstić information content (AvgIpc) is 2.75.